The van der Waals surface area contributed by atoms with Crippen molar-refractivity contribution >= 4 is 10.2 Å². The summed E-state index contributed by atoms with van der Waals surface area (Å²) in [5.41, 5.74) is 0.911. The van der Waals surface area contributed by atoms with E-state index in [1.807, 2.05) is 30.3 Å². The zero-order valence-corrected chi connectivity index (χ0v) is 7.67. The Morgan fingerprint density at radius 3 is 2.31 bits per heavy atom. The second kappa shape index (κ2) is 2.80. The van der Waals surface area contributed by atoms with Crippen molar-refractivity contribution in [3.8, 4) is 0 Å². The third kappa shape index (κ3) is 1.72. The van der Waals surface area contributed by atoms with Gasteiger partial charge in [-0.1, -0.05) is 30.3 Å². The van der Waals surface area contributed by atoms with Crippen LogP contribution >= 0.6 is 0 Å². The van der Waals surface area contributed by atoms with Crippen LogP contribution in [0.2, 0.25) is 0 Å². The van der Waals surface area contributed by atoms with Gasteiger partial charge in [0.1, 0.15) is 0 Å². The molecule has 0 N–H and O–H groups in total. The summed E-state index contributed by atoms with van der Waals surface area (Å²) in [7, 11) is -4.33. The molecular formula is C9H9FO2S. The van der Waals surface area contributed by atoms with Crippen LogP contribution in [0.3, 0.4) is 0 Å². The van der Waals surface area contributed by atoms with Gasteiger partial charge in [-0.15, -0.1) is 3.89 Å². The lowest BCUT2D eigenvalue weighted by Crippen LogP contribution is -2.00. The molecule has 0 heterocycles. The Labute approximate surface area is 76.6 Å². The molecule has 0 unspecified atom stereocenters. The molecule has 1 fully saturated rings. The van der Waals surface area contributed by atoms with Crippen molar-refractivity contribution in [3.05, 3.63) is 35.9 Å². The summed E-state index contributed by atoms with van der Waals surface area (Å²) in [6.45, 7) is 0. The summed E-state index contributed by atoms with van der Waals surface area (Å²) in [5, 5.41) is -0.796. The molecule has 0 spiro atoms. The van der Waals surface area contributed by atoms with Crippen molar-refractivity contribution in [1.29, 1.82) is 0 Å². The van der Waals surface area contributed by atoms with Gasteiger partial charge in [-0.3, -0.25) is 0 Å². The van der Waals surface area contributed by atoms with Gasteiger partial charge >= 0.3 is 10.2 Å². The quantitative estimate of drug-likeness (QED) is 0.683. The van der Waals surface area contributed by atoms with E-state index in [-0.39, 0.29) is 5.92 Å². The topological polar surface area (TPSA) is 34.1 Å². The molecule has 0 aromatic heterocycles. The Hall–Kier alpha value is -0.900. The largest absolute Gasteiger partial charge is 0.305 e. The van der Waals surface area contributed by atoms with Gasteiger partial charge in [-0.05, 0) is 12.0 Å². The first-order chi connectivity index (χ1) is 6.09. The molecule has 0 aliphatic heterocycles. The monoisotopic (exact) mass is 200 g/mol. The van der Waals surface area contributed by atoms with Gasteiger partial charge in [-0.2, -0.15) is 8.42 Å². The van der Waals surface area contributed by atoms with Gasteiger partial charge < -0.3 is 0 Å². The molecule has 1 aliphatic carbocycles. The summed E-state index contributed by atoms with van der Waals surface area (Å²) in [6, 6.07) is 9.17. The first-order valence-electron chi connectivity index (χ1n) is 4.07. The fourth-order valence-corrected chi connectivity index (χ4v) is 2.52. The van der Waals surface area contributed by atoms with Crippen LogP contribution in [-0.4, -0.2) is 13.7 Å². The molecule has 0 radical (unpaired) electrons. The maximum absolute atomic E-state index is 12.5. The Bertz CT molecular complexity index is 399. The van der Waals surface area contributed by atoms with Gasteiger partial charge in [-0.25, -0.2) is 0 Å². The van der Waals surface area contributed by atoms with E-state index in [9.17, 15) is 12.3 Å². The maximum Gasteiger partial charge on any atom is 0.305 e. The minimum absolute atomic E-state index is 0.129. The number of rotatable bonds is 2. The van der Waals surface area contributed by atoms with Crippen LogP contribution in [0.4, 0.5) is 3.89 Å². The smallest absolute Gasteiger partial charge is 0.195 e. The molecule has 2 atom stereocenters. The normalized spacial score (nSPS) is 27.2. The second-order valence-corrected chi connectivity index (χ2v) is 4.82. The van der Waals surface area contributed by atoms with Crippen LogP contribution in [0.1, 0.15) is 17.9 Å². The molecule has 4 heteroatoms. The number of halogens is 1. The highest BCUT2D eigenvalue weighted by Gasteiger charge is 2.48. The molecule has 13 heavy (non-hydrogen) atoms. The number of benzene rings is 1. The van der Waals surface area contributed by atoms with Crippen LogP contribution in [0.5, 0.6) is 0 Å². The van der Waals surface area contributed by atoms with Gasteiger partial charge in [0.15, 0.2) is 0 Å². The highest BCUT2D eigenvalue weighted by atomic mass is 32.3. The highest BCUT2D eigenvalue weighted by Crippen LogP contribution is 2.46. The summed E-state index contributed by atoms with van der Waals surface area (Å²) >= 11 is 0. The minimum atomic E-state index is -4.33. The van der Waals surface area contributed by atoms with Gasteiger partial charge in [0, 0.05) is 5.92 Å². The van der Waals surface area contributed by atoms with Crippen molar-refractivity contribution in [1.82, 2.24) is 0 Å². The summed E-state index contributed by atoms with van der Waals surface area (Å²) < 4.78 is 33.5. The number of hydrogen-bond acceptors (Lipinski definition) is 2. The average molecular weight is 200 g/mol. The van der Waals surface area contributed by atoms with E-state index in [0.29, 0.717) is 6.42 Å². The summed E-state index contributed by atoms with van der Waals surface area (Å²) in [6.07, 6.45) is 0.419. The second-order valence-electron chi connectivity index (χ2n) is 3.27. The van der Waals surface area contributed by atoms with Gasteiger partial charge in [0.05, 0.1) is 5.25 Å². The Kier molecular flexibility index (Phi) is 1.87. The van der Waals surface area contributed by atoms with Crippen LogP contribution in [0, 0.1) is 0 Å². The lowest BCUT2D eigenvalue weighted by molar-refractivity contribution is 0.549. The molecule has 2 rings (SSSR count). The predicted molar refractivity (Wildman–Crippen MR) is 47.6 cm³/mol. The zero-order chi connectivity index (χ0) is 9.47. The molecular weight excluding hydrogens is 191 g/mol. The summed E-state index contributed by atoms with van der Waals surface area (Å²) in [5.74, 6) is -0.129. The van der Waals surface area contributed by atoms with Crippen molar-refractivity contribution in [3.63, 3.8) is 0 Å². The van der Waals surface area contributed by atoms with E-state index in [1.54, 1.807) is 0 Å². The first-order valence-corrected chi connectivity index (χ1v) is 5.52. The van der Waals surface area contributed by atoms with Crippen LogP contribution < -0.4 is 0 Å². The number of hydrogen-bond donors (Lipinski definition) is 0. The van der Waals surface area contributed by atoms with Gasteiger partial charge in [0.2, 0.25) is 0 Å². The lowest BCUT2D eigenvalue weighted by Gasteiger charge is -1.95. The molecule has 0 bridgehead atoms. The fraction of sp³-hybridized carbons (Fsp3) is 0.333. The molecule has 2 nitrogen and oxygen atoms in total. The predicted octanol–water partition coefficient (Wildman–Crippen LogP) is 1.84. The fourth-order valence-electron chi connectivity index (χ4n) is 1.53. The Balaban J connectivity index is 2.18. The third-order valence-corrected chi connectivity index (χ3v) is 3.57. The molecule has 1 aromatic carbocycles. The minimum Gasteiger partial charge on any atom is -0.195 e. The summed E-state index contributed by atoms with van der Waals surface area (Å²) in [4.78, 5) is 0. The standard InChI is InChI=1S/C9H9FO2S/c10-13(11,12)9-6-8(9)7-4-2-1-3-5-7/h1-5,8-9H,6H2/t8-,9+/m0/s1. The highest BCUT2D eigenvalue weighted by molar-refractivity contribution is 7.87. The van der Waals surface area contributed by atoms with E-state index in [2.05, 4.69) is 0 Å². The first kappa shape index (κ1) is 8.69. The van der Waals surface area contributed by atoms with Crippen molar-refractivity contribution in [2.45, 2.75) is 17.6 Å². The van der Waals surface area contributed by atoms with E-state index >= 15 is 0 Å². The van der Waals surface area contributed by atoms with Crippen LogP contribution in [0.15, 0.2) is 30.3 Å². The van der Waals surface area contributed by atoms with E-state index in [4.69, 9.17) is 0 Å². The maximum atomic E-state index is 12.5. The zero-order valence-electron chi connectivity index (χ0n) is 6.85. The van der Waals surface area contributed by atoms with Crippen LogP contribution in [-0.2, 0) is 10.2 Å². The lowest BCUT2D eigenvalue weighted by atomic mass is 10.1. The molecule has 1 saturated carbocycles. The molecule has 70 valence electrons. The molecule has 1 aliphatic rings. The Morgan fingerprint density at radius 2 is 1.85 bits per heavy atom. The molecule has 0 amide bonds. The SMILES string of the molecule is O=S(=O)(F)[C@@H]1C[C@H]1c1ccccc1. The van der Waals surface area contributed by atoms with Crippen molar-refractivity contribution < 1.29 is 12.3 Å². The van der Waals surface area contributed by atoms with Crippen molar-refractivity contribution in [2.75, 3.05) is 0 Å². The molecule has 1 aromatic rings. The van der Waals surface area contributed by atoms with Crippen LogP contribution in [0.25, 0.3) is 0 Å². The molecule has 0 saturated heterocycles. The van der Waals surface area contributed by atoms with E-state index in [1.165, 1.54) is 0 Å². The third-order valence-electron chi connectivity index (χ3n) is 2.32. The van der Waals surface area contributed by atoms with E-state index < -0.39 is 15.5 Å². The van der Waals surface area contributed by atoms with Crippen molar-refractivity contribution in [2.24, 2.45) is 0 Å². The average Bonchev–Trinajstić information content (AvgIpc) is 2.83. The van der Waals surface area contributed by atoms with Gasteiger partial charge in [0.25, 0.3) is 0 Å². The Morgan fingerprint density at radius 1 is 1.23 bits per heavy atom. The van der Waals surface area contributed by atoms with E-state index in [0.717, 1.165) is 5.56 Å².